The molecule has 1 N–H and O–H groups in total. The Morgan fingerprint density at radius 2 is 2.38 bits per heavy atom. The van der Waals surface area contributed by atoms with Crippen molar-refractivity contribution in [2.24, 2.45) is 0 Å². The van der Waals surface area contributed by atoms with Crippen molar-refractivity contribution in [3.05, 3.63) is 29.6 Å². The van der Waals surface area contributed by atoms with Gasteiger partial charge in [-0.05, 0) is 18.9 Å². The largest absolute Gasteiger partial charge is 0.476 e. The molecule has 0 saturated heterocycles. The number of allylic oxidation sites excluding steroid dienone is 2. The molecule has 68 valence electrons. The second-order valence-corrected chi connectivity index (χ2v) is 3.02. The number of aromatic carboxylic acids is 1. The summed E-state index contributed by atoms with van der Waals surface area (Å²) in [7, 11) is 0. The summed E-state index contributed by atoms with van der Waals surface area (Å²) in [5.41, 5.74) is 1.15. The van der Waals surface area contributed by atoms with E-state index in [0.717, 1.165) is 18.5 Å². The molecule has 1 aliphatic rings. The van der Waals surface area contributed by atoms with Crippen LogP contribution in [0.1, 0.15) is 22.6 Å². The van der Waals surface area contributed by atoms with Crippen molar-refractivity contribution < 1.29 is 9.90 Å². The highest BCUT2D eigenvalue weighted by Crippen LogP contribution is 2.11. The van der Waals surface area contributed by atoms with Crippen molar-refractivity contribution in [3.63, 3.8) is 0 Å². The summed E-state index contributed by atoms with van der Waals surface area (Å²) in [4.78, 5) is 10.6. The Kier molecular flexibility index (Phi) is 1.88. The van der Waals surface area contributed by atoms with E-state index >= 15 is 0 Å². The van der Waals surface area contributed by atoms with E-state index in [-0.39, 0.29) is 5.69 Å². The molecule has 1 aromatic heterocycles. The van der Waals surface area contributed by atoms with Crippen molar-refractivity contribution in [2.45, 2.75) is 19.4 Å². The van der Waals surface area contributed by atoms with Gasteiger partial charge >= 0.3 is 5.97 Å². The van der Waals surface area contributed by atoms with Crippen molar-refractivity contribution in [1.82, 2.24) is 9.78 Å². The number of aryl methyl sites for hydroxylation is 1. The summed E-state index contributed by atoms with van der Waals surface area (Å²) in [6.45, 7) is 0.683. The van der Waals surface area contributed by atoms with E-state index in [1.54, 1.807) is 10.7 Å². The van der Waals surface area contributed by atoms with E-state index in [1.807, 2.05) is 6.08 Å². The predicted molar refractivity (Wildman–Crippen MR) is 46.6 cm³/mol. The quantitative estimate of drug-likeness (QED) is 0.655. The molecule has 0 unspecified atom stereocenters. The van der Waals surface area contributed by atoms with Gasteiger partial charge in [-0.1, -0.05) is 12.2 Å². The zero-order valence-electron chi connectivity index (χ0n) is 7.10. The molecule has 4 nitrogen and oxygen atoms in total. The van der Waals surface area contributed by atoms with Crippen LogP contribution >= 0.6 is 0 Å². The second kappa shape index (κ2) is 3.05. The van der Waals surface area contributed by atoms with Gasteiger partial charge in [-0.2, -0.15) is 5.10 Å². The molecule has 2 heterocycles. The lowest BCUT2D eigenvalue weighted by Gasteiger charge is -1.98. The van der Waals surface area contributed by atoms with Gasteiger partial charge in [0.15, 0.2) is 5.69 Å². The zero-order valence-corrected chi connectivity index (χ0v) is 7.10. The summed E-state index contributed by atoms with van der Waals surface area (Å²) in [6.07, 6.45) is 5.94. The number of carboxylic acids is 1. The lowest BCUT2D eigenvalue weighted by atomic mass is 10.2. The van der Waals surface area contributed by atoms with E-state index in [9.17, 15) is 4.79 Å². The van der Waals surface area contributed by atoms with Crippen LogP contribution in [-0.4, -0.2) is 20.9 Å². The minimum Gasteiger partial charge on any atom is -0.476 e. The summed E-state index contributed by atoms with van der Waals surface area (Å²) in [5.74, 6) is -0.954. The molecule has 4 heteroatoms. The number of fused-ring (bicyclic) bond motifs is 1. The molecule has 13 heavy (non-hydrogen) atoms. The fraction of sp³-hybridized carbons (Fsp3) is 0.333. The summed E-state index contributed by atoms with van der Waals surface area (Å²) >= 11 is 0. The maximum Gasteiger partial charge on any atom is 0.356 e. The van der Waals surface area contributed by atoms with Gasteiger partial charge in [0.25, 0.3) is 0 Å². The Morgan fingerprint density at radius 1 is 1.54 bits per heavy atom. The first-order valence-electron chi connectivity index (χ1n) is 4.22. The van der Waals surface area contributed by atoms with E-state index in [1.165, 1.54) is 0 Å². The van der Waals surface area contributed by atoms with Gasteiger partial charge in [0.05, 0.1) is 6.54 Å². The third-order valence-electron chi connectivity index (χ3n) is 2.09. The number of rotatable bonds is 1. The average molecular weight is 178 g/mol. The Bertz CT molecular complexity index is 366. The van der Waals surface area contributed by atoms with E-state index in [4.69, 9.17) is 5.11 Å². The molecule has 0 spiro atoms. The monoisotopic (exact) mass is 178 g/mol. The Morgan fingerprint density at radius 3 is 3.15 bits per heavy atom. The fourth-order valence-corrected chi connectivity index (χ4v) is 1.44. The van der Waals surface area contributed by atoms with Gasteiger partial charge in [-0.15, -0.1) is 0 Å². The first kappa shape index (κ1) is 8.04. The van der Waals surface area contributed by atoms with Crippen LogP contribution in [0.25, 0.3) is 0 Å². The van der Waals surface area contributed by atoms with Crippen LogP contribution in [0, 0.1) is 0 Å². The summed E-state index contributed by atoms with van der Waals surface area (Å²) in [6, 6.07) is 1.65. The van der Waals surface area contributed by atoms with Crippen molar-refractivity contribution in [2.75, 3.05) is 0 Å². The lowest BCUT2D eigenvalue weighted by molar-refractivity contribution is 0.0689. The Labute approximate surface area is 75.5 Å². The highest BCUT2D eigenvalue weighted by atomic mass is 16.4. The zero-order chi connectivity index (χ0) is 9.26. The van der Waals surface area contributed by atoms with Gasteiger partial charge in [0.2, 0.25) is 0 Å². The molecule has 2 rings (SSSR count). The molecule has 0 saturated carbocycles. The maximum atomic E-state index is 10.6. The minimum atomic E-state index is -0.954. The molecule has 0 bridgehead atoms. The highest BCUT2D eigenvalue weighted by Gasteiger charge is 2.12. The van der Waals surface area contributed by atoms with Crippen LogP contribution < -0.4 is 0 Å². The van der Waals surface area contributed by atoms with E-state index in [2.05, 4.69) is 11.2 Å². The molecule has 1 aliphatic heterocycles. The van der Waals surface area contributed by atoms with Gasteiger partial charge in [-0.25, -0.2) is 4.79 Å². The van der Waals surface area contributed by atoms with Crippen molar-refractivity contribution in [3.8, 4) is 0 Å². The Balaban J connectivity index is 2.37. The van der Waals surface area contributed by atoms with Crippen LogP contribution in [0.4, 0.5) is 0 Å². The van der Waals surface area contributed by atoms with Gasteiger partial charge in [0, 0.05) is 5.69 Å². The SMILES string of the molecule is O=C(O)c1cc2n(n1)CC=CCC2. The smallest absolute Gasteiger partial charge is 0.356 e. The topological polar surface area (TPSA) is 55.1 Å². The van der Waals surface area contributed by atoms with Crippen LogP contribution in [0.5, 0.6) is 0 Å². The number of hydrogen-bond acceptors (Lipinski definition) is 2. The number of carboxylic acid groups (broad SMARTS) is 1. The first-order chi connectivity index (χ1) is 6.27. The predicted octanol–water partition coefficient (Wildman–Crippen LogP) is 1.08. The summed E-state index contributed by atoms with van der Waals surface area (Å²) in [5, 5.41) is 12.7. The molecular weight excluding hydrogens is 168 g/mol. The van der Waals surface area contributed by atoms with Gasteiger partial charge in [-0.3, -0.25) is 4.68 Å². The van der Waals surface area contributed by atoms with Crippen LogP contribution in [0.3, 0.4) is 0 Å². The van der Waals surface area contributed by atoms with Crippen LogP contribution in [0.2, 0.25) is 0 Å². The van der Waals surface area contributed by atoms with Crippen LogP contribution in [0.15, 0.2) is 18.2 Å². The molecule has 0 atom stereocenters. The standard InChI is InChI=1S/C9H10N2O2/c12-9(13)8-6-7-4-2-1-3-5-11(7)10-8/h1,3,6H,2,4-5H2,(H,12,13). The molecule has 0 fully saturated rings. The number of carbonyl (C=O) groups is 1. The third-order valence-corrected chi connectivity index (χ3v) is 2.09. The average Bonchev–Trinajstić information content (AvgIpc) is 2.38. The number of aromatic nitrogens is 2. The Hall–Kier alpha value is -1.58. The molecule has 0 aromatic carbocycles. The second-order valence-electron chi connectivity index (χ2n) is 3.02. The first-order valence-corrected chi connectivity index (χ1v) is 4.22. The van der Waals surface area contributed by atoms with E-state index < -0.39 is 5.97 Å². The molecule has 0 amide bonds. The van der Waals surface area contributed by atoms with Gasteiger partial charge in [0.1, 0.15) is 0 Å². The van der Waals surface area contributed by atoms with Crippen molar-refractivity contribution >= 4 is 5.97 Å². The van der Waals surface area contributed by atoms with E-state index in [0.29, 0.717) is 6.54 Å². The number of nitrogens with zero attached hydrogens (tertiary/aromatic N) is 2. The molecule has 0 radical (unpaired) electrons. The summed E-state index contributed by atoms with van der Waals surface area (Å²) < 4.78 is 1.74. The third kappa shape index (κ3) is 1.47. The fourth-order valence-electron chi connectivity index (χ4n) is 1.44. The lowest BCUT2D eigenvalue weighted by Crippen LogP contribution is -2.03. The maximum absolute atomic E-state index is 10.6. The molecule has 0 aliphatic carbocycles. The molecule has 1 aromatic rings. The highest BCUT2D eigenvalue weighted by molar-refractivity contribution is 5.85. The van der Waals surface area contributed by atoms with Crippen LogP contribution in [-0.2, 0) is 13.0 Å². The van der Waals surface area contributed by atoms with Crippen molar-refractivity contribution in [1.29, 1.82) is 0 Å². The van der Waals surface area contributed by atoms with Gasteiger partial charge < -0.3 is 5.11 Å². The number of hydrogen-bond donors (Lipinski definition) is 1. The minimum absolute atomic E-state index is 0.144. The normalized spacial score (nSPS) is 15.1. The molecular formula is C9H10N2O2.